The molecule has 0 radical (unpaired) electrons. The Morgan fingerprint density at radius 3 is 2.80 bits per heavy atom. The molecule has 84 valence electrons. The summed E-state index contributed by atoms with van der Waals surface area (Å²) in [6.07, 6.45) is 6.09. The number of carbonyl (C=O) groups excluding carboxylic acids is 1. The number of hydrogen-bond acceptors (Lipinski definition) is 3. The Morgan fingerprint density at radius 1 is 1.47 bits per heavy atom. The van der Waals surface area contributed by atoms with Gasteiger partial charge in [-0.15, -0.1) is 0 Å². The van der Waals surface area contributed by atoms with Gasteiger partial charge in [0.25, 0.3) is 0 Å². The zero-order valence-electron chi connectivity index (χ0n) is 9.15. The van der Waals surface area contributed by atoms with Crippen molar-refractivity contribution in [2.75, 3.05) is 0 Å². The molecule has 0 spiro atoms. The summed E-state index contributed by atoms with van der Waals surface area (Å²) in [5.41, 5.74) is 0. The Morgan fingerprint density at radius 2 is 2.27 bits per heavy atom. The van der Waals surface area contributed by atoms with E-state index in [2.05, 4.69) is 6.58 Å². The first-order valence-electron chi connectivity index (χ1n) is 5.67. The largest absolute Gasteiger partial charge is 0.433 e. The van der Waals surface area contributed by atoms with Gasteiger partial charge in [0, 0.05) is 6.08 Å². The van der Waals surface area contributed by atoms with Gasteiger partial charge in [-0.3, -0.25) is 0 Å². The third-order valence-corrected chi connectivity index (χ3v) is 3.49. The van der Waals surface area contributed by atoms with Crippen LogP contribution in [0.2, 0.25) is 0 Å². The maximum atomic E-state index is 10.9. The van der Waals surface area contributed by atoms with Crippen molar-refractivity contribution in [3.05, 3.63) is 12.7 Å². The molecule has 2 aliphatic rings. The molecule has 0 amide bonds. The van der Waals surface area contributed by atoms with Crippen LogP contribution in [0.4, 0.5) is 0 Å². The number of carbonyl (C=O) groups is 1. The van der Waals surface area contributed by atoms with Crippen LogP contribution in [0.5, 0.6) is 0 Å². The average Bonchev–Trinajstić information content (AvgIpc) is 2.78. The molecule has 0 saturated heterocycles. The van der Waals surface area contributed by atoms with E-state index in [0.29, 0.717) is 12.0 Å². The number of rotatable bonds is 4. The summed E-state index contributed by atoms with van der Waals surface area (Å²) in [6.45, 7) is 5.12. The summed E-state index contributed by atoms with van der Waals surface area (Å²) in [5, 5.41) is 0. The van der Waals surface area contributed by atoms with Gasteiger partial charge in [-0.25, -0.2) is 4.79 Å². The summed E-state index contributed by atoms with van der Waals surface area (Å²) >= 11 is 0. The number of ether oxygens (including phenoxy) is 2. The fraction of sp³-hybridized carbons (Fsp3) is 0.750. The van der Waals surface area contributed by atoms with Crippen LogP contribution in [0.15, 0.2) is 12.7 Å². The fourth-order valence-electron chi connectivity index (χ4n) is 2.84. The molecule has 2 fully saturated rings. The Bertz CT molecular complexity index is 262. The fourth-order valence-corrected chi connectivity index (χ4v) is 2.84. The van der Waals surface area contributed by atoms with E-state index in [1.165, 1.54) is 25.3 Å². The summed E-state index contributed by atoms with van der Waals surface area (Å²) < 4.78 is 10.7. The molecule has 0 aromatic heterocycles. The smallest absolute Gasteiger partial charge is 0.332 e. The molecule has 0 aromatic carbocycles. The Hall–Kier alpha value is -0.830. The molecule has 4 unspecified atom stereocenters. The van der Waals surface area contributed by atoms with Crippen LogP contribution >= 0.6 is 0 Å². The summed E-state index contributed by atoms with van der Waals surface area (Å²) in [4.78, 5) is 10.9. The van der Waals surface area contributed by atoms with Crippen LogP contribution in [0, 0.1) is 11.8 Å². The highest BCUT2D eigenvalue weighted by molar-refractivity contribution is 5.81. The van der Waals surface area contributed by atoms with Gasteiger partial charge >= 0.3 is 5.97 Å². The molecule has 0 N–H and O–H groups in total. The van der Waals surface area contributed by atoms with Crippen molar-refractivity contribution in [3.8, 4) is 0 Å². The van der Waals surface area contributed by atoms with Crippen molar-refractivity contribution in [2.45, 2.75) is 45.0 Å². The lowest BCUT2D eigenvalue weighted by Gasteiger charge is -2.25. The maximum absolute atomic E-state index is 10.9. The van der Waals surface area contributed by atoms with Crippen molar-refractivity contribution >= 4 is 5.97 Å². The van der Waals surface area contributed by atoms with Crippen molar-refractivity contribution in [3.63, 3.8) is 0 Å². The first kappa shape index (κ1) is 10.7. The second kappa shape index (κ2) is 4.35. The highest BCUT2D eigenvalue weighted by Crippen LogP contribution is 2.46. The van der Waals surface area contributed by atoms with E-state index in [-0.39, 0.29) is 0 Å². The lowest BCUT2D eigenvalue weighted by Crippen LogP contribution is -2.28. The third kappa shape index (κ3) is 2.40. The molecule has 4 atom stereocenters. The van der Waals surface area contributed by atoms with Crippen LogP contribution in [0.1, 0.15) is 32.6 Å². The lowest BCUT2D eigenvalue weighted by molar-refractivity contribution is -0.184. The molecule has 0 aromatic rings. The summed E-state index contributed by atoms with van der Waals surface area (Å²) in [5.74, 6) is 1.13. The monoisotopic (exact) mass is 210 g/mol. The molecular weight excluding hydrogens is 192 g/mol. The molecule has 0 heterocycles. The minimum absolute atomic E-state index is 0.302. The van der Waals surface area contributed by atoms with E-state index in [0.717, 1.165) is 12.3 Å². The van der Waals surface area contributed by atoms with Crippen LogP contribution in [-0.4, -0.2) is 18.4 Å². The second-order valence-electron chi connectivity index (χ2n) is 4.56. The van der Waals surface area contributed by atoms with Crippen LogP contribution in [-0.2, 0) is 14.3 Å². The van der Waals surface area contributed by atoms with E-state index in [9.17, 15) is 4.79 Å². The Labute approximate surface area is 90.4 Å². The van der Waals surface area contributed by atoms with Gasteiger partial charge in [0.2, 0.25) is 6.29 Å². The van der Waals surface area contributed by atoms with E-state index in [4.69, 9.17) is 9.47 Å². The van der Waals surface area contributed by atoms with Gasteiger partial charge in [-0.1, -0.05) is 6.58 Å². The first-order valence-corrected chi connectivity index (χ1v) is 5.67. The summed E-state index contributed by atoms with van der Waals surface area (Å²) in [6, 6.07) is 0. The maximum Gasteiger partial charge on any atom is 0.332 e. The third-order valence-electron chi connectivity index (χ3n) is 3.49. The molecule has 2 saturated carbocycles. The van der Waals surface area contributed by atoms with Crippen LogP contribution < -0.4 is 0 Å². The molecule has 2 bridgehead atoms. The van der Waals surface area contributed by atoms with Gasteiger partial charge < -0.3 is 9.47 Å². The van der Waals surface area contributed by atoms with Crippen LogP contribution in [0.3, 0.4) is 0 Å². The minimum Gasteiger partial charge on any atom is -0.433 e. The Balaban J connectivity index is 1.77. The van der Waals surface area contributed by atoms with E-state index in [1.54, 1.807) is 6.92 Å². The molecule has 15 heavy (non-hydrogen) atoms. The molecule has 2 aliphatic carbocycles. The summed E-state index contributed by atoms with van der Waals surface area (Å²) in [7, 11) is 0. The standard InChI is InChI=1S/C12H18O3/c1-3-12(13)15-8(2)14-11-7-9-4-5-10(11)6-9/h3,8-11H,1,4-7H2,2H3. The molecule has 3 nitrogen and oxygen atoms in total. The number of fused-ring (bicyclic) bond motifs is 2. The van der Waals surface area contributed by atoms with E-state index < -0.39 is 12.3 Å². The van der Waals surface area contributed by atoms with Gasteiger partial charge in [-0.2, -0.15) is 0 Å². The predicted molar refractivity (Wildman–Crippen MR) is 56.1 cm³/mol. The van der Waals surface area contributed by atoms with Gasteiger partial charge in [0.1, 0.15) is 0 Å². The van der Waals surface area contributed by atoms with Gasteiger partial charge in [0.05, 0.1) is 6.10 Å². The van der Waals surface area contributed by atoms with E-state index >= 15 is 0 Å². The van der Waals surface area contributed by atoms with Crippen molar-refractivity contribution in [1.29, 1.82) is 0 Å². The average molecular weight is 210 g/mol. The second-order valence-corrected chi connectivity index (χ2v) is 4.56. The molecule has 3 heteroatoms. The molecule has 2 rings (SSSR count). The quantitative estimate of drug-likeness (QED) is 0.405. The zero-order valence-corrected chi connectivity index (χ0v) is 9.15. The topological polar surface area (TPSA) is 35.5 Å². The predicted octanol–water partition coefficient (Wildman–Crippen LogP) is 2.27. The van der Waals surface area contributed by atoms with Crippen molar-refractivity contribution in [1.82, 2.24) is 0 Å². The lowest BCUT2D eigenvalue weighted by atomic mass is 9.98. The molecule has 0 aliphatic heterocycles. The molecular formula is C12H18O3. The number of hydrogen-bond donors (Lipinski definition) is 0. The first-order chi connectivity index (χ1) is 7.19. The minimum atomic E-state index is -0.445. The van der Waals surface area contributed by atoms with Gasteiger partial charge in [0.15, 0.2) is 0 Å². The highest BCUT2D eigenvalue weighted by atomic mass is 16.7. The zero-order chi connectivity index (χ0) is 10.8. The van der Waals surface area contributed by atoms with Gasteiger partial charge in [-0.05, 0) is 44.4 Å². The Kier molecular flexibility index (Phi) is 3.10. The normalized spacial score (nSPS) is 35.1. The van der Waals surface area contributed by atoms with Crippen molar-refractivity contribution in [2.24, 2.45) is 11.8 Å². The van der Waals surface area contributed by atoms with E-state index in [1.807, 2.05) is 0 Å². The van der Waals surface area contributed by atoms with Crippen molar-refractivity contribution < 1.29 is 14.3 Å². The number of esters is 1. The SMILES string of the molecule is C=CC(=O)OC(C)OC1CC2CCC1C2. The highest BCUT2D eigenvalue weighted by Gasteiger charge is 2.41. The van der Waals surface area contributed by atoms with Crippen LogP contribution in [0.25, 0.3) is 0 Å².